The summed E-state index contributed by atoms with van der Waals surface area (Å²) in [7, 11) is 0. The molecule has 0 N–H and O–H groups in total. The summed E-state index contributed by atoms with van der Waals surface area (Å²) < 4.78 is 5.22. The Labute approximate surface area is 86.3 Å². The number of carbonyl (C=O) groups is 1. The van der Waals surface area contributed by atoms with Crippen molar-refractivity contribution >= 4 is 17.3 Å². The summed E-state index contributed by atoms with van der Waals surface area (Å²) >= 11 is 0. The van der Waals surface area contributed by atoms with Crippen LogP contribution in [0.5, 0.6) is 0 Å². The van der Waals surface area contributed by atoms with Gasteiger partial charge in [0.15, 0.2) is 6.29 Å². The molecule has 2 rings (SSSR count). The van der Waals surface area contributed by atoms with Crippen molar-refractivity contribution in [3.05, 3.63) is 45.3 Å². The summed E-state index contributed by atoms with van der Waals surface area (Å²) in [5.41, 5.74) is 2.39. The molecule has 0 aliphatic carbocycles. The molecule has 0 radical (unpaired) electrons. The Balaban J connectivity index is 2.94. The van der Waals surface area contributed by atoms with Gasteiger partial charge in [-0.25, -0.2) is 0 Å². The standard InChI is InChI=1S/C12H10O3/c1-7-3-10-11(4-8(7)2)15-6-9(5-13)12(10)14/h3-6H,1-2H3. The van der Waals surface area contributed by atoms with Crippen LogP contribution in [0.2, 0.25) is 0 Å². The second-order valence-corrected chi connectivity index (χ2v) is 3.57. The number of fused-ring (bicyclic) bond motifs is 1. The molecule has 3 nitrogen and oxygen atoms in total. The molecule has 0 unspecified atom stereocenters. The molecule has 15 heavy (non-hydrogen) atoms. The van der Waals surface area contributed by atoms with Gasteiger partial charge in [-0.15, -0.1) is 0 Å². The fraction of sp³-hybridized carbons (Fsp3) is 0.167. The van der Waals surface area contributed by atoms with E-state index in [1.807, 2.05) is 13.8 Å². The maximum absolute atomic E-state index is 11.7. The molecule has 76 valence electrons. The largest absolute Gasteiger partial charge is 0.463 e. The second kappa shape index (κ2) is 3.35. The van der Waals surface area contributed by atoms with Gasteiger partial charge in [-0.05, 0) is 37.1 Å². The molecule has 0 aliphatic rings. The second-order valence-electron chi connectivity index (χ2n) is 3.57. The number of rotatable bonds is 1. The Bertz CT molecular complexity index is 594. The van der Waals surface area contributed by atoms with Crippen LogP contribution in [-0.4, -0.2) is 6.29 Å². The normalized spacial score (nSPS) is 10.5. The quantitative estimate of drug-likeness (QED) is 0.666. The molecule has 0 saturated heterocycles. The number of aryl methyl sites for hydroxylation is 2. The third kappa shape index (κ3) is 1.46. The van der Waals surface area contributed by atoms with Crippen molar-refractivity contribution in [2.75, 3.05) is 0 Å². The van der Waals surface area contributed by atoms with Crippen molar-refractivity contribution in [1.29, 1.82) is 0 Å². The van der Waals surface area contributed by atoms with E-state index in [1.165, 1.54) is 6.26 Å². The van der Waals surface area contributed by atoms with Crippen LogP contribution < -0.4 is 5.43 Å². The van der Waals surface area contributed by atoms with Crippen LogP contribution >= 0.6 is 0 Å². The molecular weight excluding hydrogens is 192 g/mol. The lowest BCUT2D eigenvalue weighted by atomic mass is 10.1. The van der Waals surface area contributed by atoms with Gasteiger partial charge < -0.3 is 4.42 Å². The van der Waals surface area contributed by atoms with Crippen molar-refractivity contribution in [2.24, 2.45) is 0 Å². The van der Waals surface area contributed by atoms with Crippen LogP contribution in [0.25, 0.3) is 11.0 Å². The summed E-state index contributed by atoms with van der Waals surface area (Å²) in [6, 6.07) is 3.56. The van der Waals surface area contributed by atoms with Crippen LogP contribution in [0, 0.1) is 13.8 Å². The Kier molecular flexibility index (Phi) is 2.15. The molecule has 1 aromatic carbocycles. The lowest BCUT2D eigenvalue weighted by Crippen LogP contribution is -2.07. The van der Waals surface area contributed by atoms with Crippen LogP contribution in [0.15, 0.2) is 27.6 Å². The number of hydrogen-bond donors (Lipinski definition) is 0. The average Bonchev–Trinajstić information content (AvgIpc) is 2.22. The lowest BCUT2D eigenvalue weighted by molar-refractivity contribution is 0.112. The van der Waals surface area contributed by atoms with Crippen molar-refractivity contribution in [3.8, 4) is 0 Å². The SMILES string of the molecule is Cc1cc2occ(C=O)c(=O)c2cc1C. The smallest absolute Gasteiger partial charge is 0.203 e. The molecule has 0 bridgehead atoms. The summed E-state index contributed by atoms with van der Waals surface area (Å²) in [5, 5.41) is 0.461. The first kappa shape index (κ1) is 9.65. The van der Waals surface area contributed by atoms with Crippen molar-refractivity contribution in [3.63, 3.8) is 0 Å². The molecule has 2 aromatic rings. The van der Waals surface area contributed by atoms with Crippen LogP contribution in [-0.2, 0) is 0 Å². The third-order valence-corrected chi connectivity index (χ3v) is 2.54. The van der Waals surface area contributed by atoms with Gasteiger partial charge in [-0.3, -0.25) is 9.59 Å². The van der Waals surface area contributed by atoms with Gasteiger partial charge in [0, 0.05) is 0 Å². The number of hydrogen-bond acceptors (Lipinski definition) is 3. The number of benzene rings is 1. The molecular formula is C12H10O3. The number of aldehydes is 1. The highest BCUT2D eigenvalue weighted by molar-refractivity contribution is 5.84. The molecule has 0 fully saturated rings. The van der Waals surface area contributed by atoms with Gasteiger partial charge in [0.1, 0.15) is 11.8 Å². The van der Waals surface area contributed by atoms with Crippen LogP contribution in [0.4, 0.5) is 0 Å². The van der Waals surface area contributed by atoms with Crippen LogP contribution in [0.3, 0.4) is 0 Å². The Morgan fingerprint density at radius 1 is 1.20 bits per heavy atom. The molecule has 1 heterocycles. The lowest BCUT2D eigenvalue weighted by Gasteiger charge is -2.02. The predicted molar refractivity (Wildman–Crippen MR) is 57.3 cm³/mol. The fourth-order valence-electron chi connectivity index (χ4n) is 1.48. The average molecular weight is 202 g/mol. The van der Waals surface area contributed by atoms with E-state index in [4.69, 9.17) is 4.42 Å². The van der Waals surface area contributed by atoms with Gasteiger partial charge in [-0.1, -0.05) is 0 Å². The molecule has 0 spiro atoms. The van der Waals surface area contributed by atoms with Crippen LogP contribution in [0.1, 0.15) is 21.5 Å². The predicted octanol–water partition coefficient (Wildman–Crippen LogP) is 2.22. The zero-order chi connectivity index (χ0) is 11.0. The zero-order valence-corrected chi connectivity index (χ0v) is 8.53. The van der Waals surface area contributed by atoms with Crippen molar-refractivity contribution < 1.29 is 9.21 Å². The van der Waals surface area contributed by atoms with Gasteiger partial charge in [-0.2, -0.15) is 0 Å². The molecule has 0 amide bonds. The minimum Gasteiger partial charge on any atom is -0.463 e. The van der Waals surface area contributed by atoms with E-state index >= 15 is 0 Å². The first-order valence-electron chi connectivity index (χ1n) is 4.61. The van der Waals surface area contributed by atoms with Gasteiger partial charge in [0.2, 0.25) is 5.43 Å². The Morgan fingerprint density at radius 3 is 2.53 bits per heavy atom. The first-order valence-corrected chi connectivity index (χ1v) is 4.61. The maximum Gasteiger partial charge on any atom is 0.203 e. The van der Waals surface area contributed by atoms with E-state index < -0.39 is 0 Å². The van der Waals surface area contributed by atoms with E-state index in [9.17, 15) is 9.59 Å². The van der Waals surface area contributed by atoms with Crippen molar-refractivity contribution in [1.82, 2.24) is 0 Å². The monoisotopic (exact) mass is 202 g/mol. The molecule has 0 atom stereocenters. The molecule has 0 aliphatic heterocycles. The van der Waals surface area contributed by atoms with E-state index in [2.05, 4.69) is 0 Å². The highest BCUT2D eigenvalue weighted by atomic mass is 16.3. The minimum atomic E-state index is -0.269. The highest BCUT2D eigenvalue weighted by Gasteiger charge is 2.07. The van der Waals surface area contributed by atoms with E-state index in [-0.39, 0.29) is 11.0 Å². The van der Waals surface area contributed by atoms with Gasteiger partial charge in [0.05, 0.1) is 10.9 Å². The van der Waals surface area contributed by atoms with E-state index in [0.717, 1.165) is 11.1 Å². The van der Waals surface area contributed by atoms with Gasteiger partial charge in [0.25, 0.3) is 0 Å². The van der Waals surface area contributed by atoms with E-state index in [1.54, 1.807) is 12.1 Å². The zero-order valence-electron chi connectivity index (χ0n) is 8.53. The first-order chi connectivity index (χ1) is 7.13. The number of carbonyl (C=O) groups excluding carboxylic acids is 1. The third-order valence-electron chi connectivity index (χ3n) is 2.54. The fourth-order valence-corrected chi connectivity index (χ4v) is 1.48. The minimum absolute atomic E-state index is 0.0609. The maximum atomic E-state index is 11.7. The summed E-state index contributed by atoms with van der Waals surface area (Å²) in [4.78, 5) is 22.3. The summed E-state index contributed by atoms with van der Waals surface area (Å²) in [5.74, 6) is 0. The Hall–Kier alpha value is -1.90. The Morgan fingerprint density at radius 2 is 1.87 bits per heavy atom. The van der Waals surface area contributed by atoms with Gasteiger partial charge >= 0.3 is 0 Å². The molecule has 3 heteroatoms. The van der Waals surface area contributed by atoms with E-state index in [0.29, 0.717) is 17.3 Å². The summed E-state index contributed by atoms with van der Waals surface area (Å²) in [6.45, 7) is 3.87. The summed E-state index contributed by atoms with van der Waals surface area (Å²) in [6.07, 6.45) is 1.72. The topological polar surface area (TPSA) is 47.3 Å². The molecule has 0 saturated carbocycles. The van der Waals surface area contributed by atoms with Crippen molar-refractivity contribution in [2.45, 2.75) is 13.8 Å². The molecule has 1 aromatic heterocycles. The highest BCUT2D eigenvalue weighted by Crippen LogP contribution is 2.16.